The molecule has 0 amide bonds. The largest absolute Gasteiger partial charge is 0.491 e. The van der Waals surface area contributed by atoms with Crippen LogP contribution in [0.2, 0.25) is 0 Å². The summed E-state index contributed by atoms with van der Waals surface area (Å²) in [4.78, 5) is 16.0. The molecular weight excluding hydrogens is 396 g/mol. The topological polar surface area (TPSA) is 110 Å². The third-order valence-electron chi connectivity index (χ3n) is 4.92. The SMILES string of the molecule is Cc1nc2c(OC(C)C)nnc(O)c2n1Cc1ccc(-c2ccccc2C(=O)O)cc1. The number of carboxylic acid groups (broad SMARTS) is 1. The molecule has 0 bridgehead atoms. The average Bonchev–Trinajstić information content (AvgIpc) is 3.07. The van der Waals surface area contributed by atoms with Gasteiger partial charge in [-0.3, -0.25) is 0 Å². The molecule has 158 valence electrons. The molecule has 0 atom stereocenters. The van der Waals surface area contributed by atoms with Gasteiger partial charge in [0, 0.05) is 6.54 Å². The maximum Gasteiger partial charge on any atom is 0.336 e. The lowest BCUT2D eigenvalue weighted by Gasteiger charge is -2.11. The fourth-order valence-electron chi connectivity index (χ4n) is 3.52. The number of carbonyl (C=O) groups is 1. The number of imidazole rings is 1. The van der Waals surface area contributed by atoms with Gasteiger partial charge in [0.1, 0.15) is 11.3 Å². The van der Waals surface area contributed by atoms with E-state index in [1.807, 2.05) is 55.7 Å². The first-order valence-corrected chi connectivity index (χ1v) is 9.86. The number of hydrogen-bond acceptors (Lipinski definition) is 6. The van der Waals surface area contributed by atoms with Gasteiger partial charge in [0.2, 0.25) is 0 Å². The fourth-order valence-corrected chi connectivity index (χ4v) is 3.52. The lowest BCUT2D eigenvalue weighted by atomic mass is 9.99. The summed E-state index contributed by atoms with van der Waals surface area (Å²) < 4.78 is 7.54. The van der Waals surface area contributed by atoms with E-state index in [0.29, 0.717) is 29.0 Å². The van der Waals surface area contributed by atoms with Crippen LogP contribution in [0.5, 0.6) is 11.8 Å². The maximum absolute atomic E-state index is 11.5. The van der Waals surface area contributed by atoms with Crippen molar-refractivity contribution in [2.24, 2.45) is 0 Å². The first kappa shape index (κ1) is 20.3. The minimum absolute atomic E-state index is 0.103. The van der Waals surface area contributed by atoms with Crippen LogP contribution >= 0.6 is 0 Å². The first-order chi connectivity index (χ1) is 14.8. The smallest absolute Gasteiger partial charge is 0.336 e. The van der Waals surface area contributed by atoms with Gasteiger partial charge in [-0.2, -0.15) is 0 Å². The van der Waals surface area contributed by atoms with E-state index in [4.69, 9.17) is 4.74 Å². The van der Waals surface area contributed by atoms with Crippen LogP contribution < -0.4 is 4.74 Å². The van der Waals surface area contributed by atoms with E-state index in [-0.39, 0.29) is 23.4 Å². The number of benzene rings is 2. The van der Waals surface area contributed by atoms with Crippen molar-refractivity contribution in [2.45, 2.75) is 33.4 Å². The van der Waals surface area contributed by atoms with E-state index < -0.39 is 5.97 Å². The van der Waals surface area contributed by atoms with Crippen LogP contribution in [-0.4, -0.2) is 42.0 Å². The molecule has 0 saturated carbocycles. The molecule has 0 aliphatic heterocycles. The van der Waals surface area contributed by atoms with E-state index in [2.05, 4.69) is 15.2 Å². The Morgan fingerprint density at radius 3 is 2.48 bits per heavy atom. The van der Waals surface area contributed by atoms with Crippen LogP contribution in [0.25, 0.3) is 22.2 Å². The van der Waals surface area contributed by atoms with Crippen molar-refractivity contribution in [3.05, 3.63) is 65.5 Å². The standard InChI is InChI=1S/C23H22N4O4/c1-13(2)31-22-19-20(21(28)25-26-22)27(14(3)24-19)12-15-8-10-16(11-9-15)17-6-4-5-7-18(17)23(29)30/h4-11,13H,12H2,1-3H3,(H,25,28)(H,29,30). The highest BCUT2D eigenvalue weighted by Gasteiger charge is 2.19. The molecule has 4 rings (SSSR count). The van der Waals surface area contributed by atoms with Gasteiger partial charge in [-0.05, 0) is 43.5 Å². The zero-order chi connectivity index (χ0) is 22.1. The predicted molar refractivity (Wildman–Crippen MR) is 115 cm³/mol. The molecule has 0 aliphatic rings. The summed E-state index contributed by atoms with van der Waals surface area (Å²) in [6.45, 7) is 6.06. The molecule has 0 radical (unpaired) electrons. The molecule has 0 aliphatic carbocycles. The highest BCUT2D eigenvalue weighted by atomic mass is 16.5. The van der Waals surface area contributed by atoms with Crippen molar-refractivity contribution in [2.75, 3.05) is 0 Å². The summed E-state index contributed by atoms with van der Waals surface area (Å²) >= 11 is 0. The number of fused-ring (bicyclic) bond motifs is 1. The fraction of sp³-hybridized carbons (Fsp3) is 0.217. The van der Waals surface area contributed by atoms with E-state index in [9.17, 15) is 15.0 Å². The third-order valence-corrected chi connectivity index (χ3v) is 4.92. The number of nitrogens with zero attached hydrogens (tertiary/aromatic N) is 4. The van der Waals surface area contributed by atoms with Crippen LogP contribution in [0.1, 0.15) is 35.6 Å². The summed E-state index contributed by atoms with van der Waals surface area (Å²) in [5.74, 6) is -0.200. The average molecular weight is 418 g/mol. The van der Waals surface area contributed by atoms with Crippen molar-refractivity contribution in [3.8, 4) is 22.9 Å². The van der Waals surface area contributed by atoms with E-state index in [1.165, 1.54) is 0 Å². The maximum atomic E-state index is 11.5. The minimum atomic E-state index is -0.962. The molecular formula is C23H22N4O4. The van der Waals surface area contributed by atoms with E-state index in [1.54, 1.807) is 18.2 Å². The lowest BCUT2D eigenvalue weighted by molar-refractivity contribution is 0.0697. The van der Waals surface area contributed by atoms with Crippen molar-refractivity contribution < 1.29 is 19.7 Å². The number of carboxylic acids is 1. The van der Waals surface area contributed by atoms with Crippen LogP contribution in [0.3, 0.4) is 0 Å². The highest BCUT2D eigenvalue weighted by molar-refractivity contribution is 5.96. The Kier molecular flexibility index (Phi) is 5.29. The Balaban J connectivity index is 1.69. The first-order valence-electron chi connectivity index (χ1n) is 9.86. The predicted octanol–water partition coefficient (Wildman–Crippen LogP) is 4.04. The summed E-state index contributed by atoms with van der Waals surface area (Å²) in [7, 11) is 0. The van der Waals surface area contributed by atoms with Gasteiger partial charge in [0.05, 0.1) is 11.7 Å². The highest BCUT2D eigenvalue weighted by Crippen LogP contribution is 2.30. The van der Waals surface area contributed by atoms with Crippen molar-refractivity contribution in [1.29, 1.82) is 0 Å². The molecule has 0 spiro atoms. The van der Waals surface area contributed by atoms with Crippen LogP contribution in [-0.2, 0) is 6.54 Å². The van der Waals surface area contributed by atoms with Gasteiger partial charge in [0.25, 0.3) is 11.8 Å². The molecule has 8 heteroatoms. The number of rotatable bonds is 6. The minimum Gasteiger partial charge on any atom is -0.491 e. The van der Waals surface area contributed by atoms with Crippen molar-refractivity contribution in [1.82, 2.24) is 19.7 Å². The van der Waals surface area contributed by atoms with Gasteiger partial charge in [0.15, 0.2) is 5.52 Å². The Labute approximate surface area is 178 Å². The van der Waals surface area contributed by atoms with E-state index in [0.717, 1.165) is 11.1 Å². The molecule has 31 heavy (non-hydrogen) atoms. The lowest BCUT2D eigenvalue weighted by Crippen LogP contribution is -2.08. The molecule has 2 N–H and O–H groups in total. The molecule has 4 aromatic rings. The summed E-state index contributed by atoms with van der Waals surface area (Å²) in [6.07, 6.45) is -0.103. The molecule has 2 heterocycles. The van der Waals surface area contributed by atoms with Crippen LogP contribution in [0, 0.1) is 6.92 Å². The van der Waals surface area contributed by atoms with Gasteiger partial charge < -0.3 is 19.5 Å². The Morgan fingerprint density at radius 2 is 1.81 bits per heavy atom. The van der Waals surface area contributed by atoms with Gasteiger partial charge >= 0.3 is 5.97 Å². The number of ether oxygens (including phenoxy) is 1. The number of aromatic carboxylic acids is 1. The molecule has 2 aromatic carbocycles. The summed E-state index contributed by atoms with van der Waals surface area (Å²) in [5.41, 5.74) is 3.62. The normalized spacial score (nSPS) is 11.2. The third kappa shape index (κ3) is 3.92. The summed E-state index contributed by atoms with van der Waals surface area (Å²) in [5, 5.41) is 27.5. The Hall–Kier alpha value is -3.94. The second kappa shape index (κ2) is 8.06. The van der Waals surface area contributed by atoms with Crippen LogP contribution in [0.15, 0.2) is 48.5 Å². The number of aromatic hydroxyl groups is 1. The molecule has 0 fully saturated rings. The van der Waals surface area contributed by atoms with Gasteiger partial charge in [-0.1, -0.05) is 42.5 Å². The van der Waals surface area contributed by atoms with Gasteiger partial charge in [-0.25, -0.2) is 9.78 Å². The van der Waals surface area contributed by atoms with Gasteiger partial charge in [-0.15, -0.1) is 10.2 Å². The molecule has 0 unspecified atom stereocenters. The monoisotopic (exact) mass is 418 g/mol. The number of aryl methyl sites for hydroxylation is 1. The van der Waals surface area contributed by atoms with Crippen LogP contribution in [0.4, 0.5) is 0 Å². The second-order valence-corrected chi connectivity index (χ2v) is 7.49. The number of hydrogen-bond donors (Lipinski definition) is 2. The summed E-state index contributed by atoms with van der Waals surface area (Å²) in [6, 6.07) is 14.5. The second-order valence-electron chi connectivity index (χ2n) is 7.49. The molecule has 8 nitrogen and oxygen atoms in total. The van der Waals surface area contributed by atoms with Crippen molar-refractivity contribution >= 4 is 17.0 Å². The Morgan fingerprint density at radius 1 is 1.10 bits per heavy atom. The zero-order valence-electron chi connectivity index (χ0n) is 17.4. The Bertz CT molecular complexity index is 1260. The zero-order valence-corrected chi connectivity index (χ0v) is 17.4. The van der Waals surface area contributed by atoms with Crippen molar-refractivity contribution in [3.63, 3.8) is 0 Å². The number of aromatic nitrogens is 4. The van der Waals surface area contributed by atoms with E-state index >= 15 is 0 Å². The molecule has 0 saturated heterocycles. The molecule has 2 aromatic heterocycles. The quantitative estimate of drug-likeness (QED) is 0.486.